The number of methoxy groups -OCH3 is 1. The van der Waals surface area contributed by atoms with Crippen LogP contribution in [-0.2, 0) is 0 Å². The van der Waals surface area contributed by atoms with E-state index in [0.717, 1.165) is 24.5 Å². The lowest BCUT2D eigenvalue weighted by atomic mass is 10.3. The highest BCUT2D eigenvalue weighted by molar-refractivity contribution is 5.51. The van der Waals surface area contributed by atoms with Gasteiger partial charge in [-0.05, 0) is 12.1 Å². The van der Waals surface area contributed by atoms with Gasteiger partial charge in [0.05, 0.1) is 33.4 Å². The van der Waals surface area contributed by atoms with Gasteiger partial charge < -0.3 is 20.1 Å². The van der Waals surface area contributed by atoms with Crippen molar-refractivity contribution in [3.8, 4) is 11.5 Å². The zero-order chi connectivity index (χ0) is 12.8. The second-order valence-corrected chi connectivity index (χ2v) is 4.82. The minimum absolute atomic E-state index is 0.705. The number of quaternary nitrogens is 1. The Morgan fingerprint density at radius 1 is 1.22 bits per heavy atom. The molecule has 4 heteroatoms. The van der Waals surface area contributed by atoms with E-state index in [1.165, 1.54) is 32.5 Å². The van der Waals surface area contributed by atoms with Crippen molar-refractivity contribution in [2.45, 2.75) is 19.3 Å². The Morgan fingerprint density at radius 3 is 2.72 bits per heavy atom. The van der Waals surface area contributed by atoms with Gasteiger partial charge in [0, 0.05) is 31.0 Å². The lowest BCUT2D eigenvalue weighted by Gasteiger charge is -2.13. The molecule has 2 rings (SSSR count). The molecule has 100 valence electrons. The molecule has 1 aromatic rings. The van der Waals surface area contributed by atoms with Gasteiger partial charge in [0.25, 0.3) is 0 Å². The first-order chi connectivity index (χ1) is 8.79. The molecule has 0 aliphatic carbocycles. The molecule has 0 aromatic heterocycles. The summed E-state index contributed by atoms with van der Waals surface area (Å²) in [5.74, 6) is 1.49. The van der Waals surface area contributed by atoms with Gasteiger partial charge in [0.15, 0.2) is 11.5 Å². The molecule has 3 N–H and O–H groups in total. The second-order valence-electron chi connectivity index (χ2n) is 4.82. The third-order valence-corrected chi connectivity index (χ3v) is 3.43. The van der Waals surface area contributed by atoms with E-state index in [-0.39, 0.29) is 0 Å². The number of nitrogen functional groups attached to an aromatic ring is 1. The molecular weight excluding hydrogens is 228 g/mol. The summed E-state index contributed by atoms with van der Waals surface area (Å²) in [5.41, 5.74) is 6.45. The predicted molar refractivity (Wildman–Crippen MR) is 72.3 cm³/mol. The molecule has 1 saturated heterocycles. The normalized spacial score (nSPS) is 15.8. The van der Waals surface area contributed by atoms with Crippen molar-refractivity contribution in [2.24, 2.45) is 0 Å². The number of hydrogen-bond acceptors (Lipinski definition) is 3. The van der Waals surface area contributed by atoms with E-state index in [2.05, 4.69) is 0 Å². The maximum atomic E-state index is 5.75. The monoisotopic (exact) mass is 251 g/mol. The third-order valence-electron chi connectivity index (χ3n) is 3.43. The summed E-state index contributed by atoms with van der Waals surface area (Å²) in [6.07, 6.45) is 3.83. The Kier molecular flexibility index (Phi) is 4.70. The van der Waals surface area contributed by atoms with Crippen molar-refractivity contribution in [3.05, 3.63) is 18.2 Å². The number of benzene rings is 1. The first kappa shape index (κ1) is 13.0. The number of nitrogens with two attached hydrogens (primary N) is 1. The zero-order valence-electron chi connectivity index (χ0n) is 11.1. The fourth-order valence-electron chi connectivity index (χ4n) is 2.44. The highest BCUT2D eigenvalue weighted by Gasteiger charge is 2.14. The first-order valence-corrected chi connectivity index (χ1v) is 6.69. The molecule has 4 nitrogen and oxygen atoms in total. The van der Waals surface area contributed by atoms with Gasteiger partial charge in [-0.2, -0.15) is 0 Å². The highest BCUT2D eigenvalue weighted by atomic mass is 16.5. The van der Waals surface area contributed by atoms with Crippen LogP contribution in [0.1, 0.15) is 19.3 Å². The number of nitrogens with one attached hydrogen (secondary N) is 1. The van der Waals surface area contributed by atoms with E-state index in [0.29, 0.717) is 5.69 Å². The molecule has 0 amide bonds. The molecule has 18 heavy (non-hydrogen) atoms. The average Bonchev–Trinajstić information content (AvgIpc) is 2.88. The molecule has 1 aromatic carbocycles. The van der Waals surface area contributed by atoms with E-state index in [1.54, 1.807) is 12.0 Å². The summed E-state index contributed by atoms with van der Waals surface area (Å²) >= 11 is 0. The Bertz CT molecular complexity index is 376. The van der Waals surface area contributed by atoms with E-state index in [4.69, 9.17) is 15.2 Å². The molecule has 0 unspecified atom stereocenters. The van der Waals surface area contributed by atoms with Gasteiger partial charge >= 0.3 is 0 Å². The van der Waals surface area contributed by atoms with Gasteiger partial charge in [-0.3, -0.25) is 0 Å². The lowest BCUT2D eigenvalue weighted by molar-refractivity contribution is -0.887. The van der Waals surface area contributed by atoms with Crippen molar-refractivity contribution >= 4 is 5.69 Å². The van der Waals surface area contributed by atoms with Crippen LogP contribution >= 0.6 is 0 Å². The van der Waals surface area contributed by atoms with Crippen LogP contribution in [0.2, 0.25) is 0 Å². The van der Waals surface area contributed by atoms with Gasteiger partial charge in [-0.1, -0.05) is 0 Å². The number of ether oxygens (including phenoxy) is 2. The standard InChI is InChI=1S/C14H22N2O2/c1-17-13-6-5-12(15)11-14(13)18-10-4-9-16-7-2-3-8-16/h5-6,11H,2-4,7-10,15H2,1H3/p+1. The third kappa shape index (κ3) is 3.53. The van der Waals surface area contributed by atoms with E-state index >= 15 is 0 Å². The van der Waals surface area contributed by atoms with Gasteiger partial charge in [-0.25, -0.2) is 0 Å². The first-order valence-electron chi connectivity index (χ1n) is 6.69. The lowest BCUT2D eigenvalue weighted by Crippen LogP contribution is -3.10. The summed E-state index contributed by atoms with van der Waals surface area (Å²) in [5, 5.41) is 0. The Morgan fingerprint density at radius 2 is 2.00 bits per heavy atom. The largest absolute Gasteiger partial charge is 0.493 e. The van der Waals surface area contributed by atoms with E-state index < -0.39 is 0 Å². The minimum Gasteiger partial charge on any atom is -0.493 e. The Labute approximate surface area is 109 Å². The summed E-state index contributed by atoms with van der Waals surface area (Å²) in [4.78, 5) is 1.71. The maximum Gasteiger partial charge on any atom is 0.163 e. The van der Waals surface area contributed by atoms with Crippen LogP contribution in [0.25, 0.3) is 0 Å². The number of rotatable bonds is 6. The van der Waals surface area contributed by atoms with Crippen LogP contribution in [-0.4, -0.2) is 33.4 Å². The maximum absolute atomic E-state index is 5.75. The van der Waals surface area contributed by atoms with E-state index in [9.17, 15) is 0 Å². The molecule has 0 saturated carbocycles. The van der Waals surface area contributed by atoms with Gasteiger partial charge in [0.1, 0.15) is 0 Å². The molecular formula is C14H23N2O2+. The Balaban J connectivity index is 1.76. The summed E-state index contributed by atoms with van der Waals surface area (Å²) in [6, 6.07) is 5.48. The molecule has 0 atom stereocenters. The topological polar surface area (TPSA) is 48.9 Å². The summed E-state index contributed by atoms with van der Waals surface area (Å²) in [7, 11) is 1.65. The fraction of sp³-hybridized carbons (Fsp3) is 0.571. The molecule has 1 fully saturated rings. The fourth-order valence-corrected chi connectivity index (χ4v) is 2.44. The number of likely N-dealkylation sites (tertiary alicyclic amines) is 1. The van der Waals surface area contributed by atoms with Crippen LogP contribution in [0.15, 0.2) is 18.2 Å². The molecule has 1 aliphatic heterocycles. The quantitative estimate of drug-likeness (QED) is 0.579. The van der Waals surface area contributed by atoms with Crippen LogP contribution in [0.3, 0.4) is 0 Å². The van der Waals surface area contributed by atoms with Crippen molar-refractivity contribution in [1.82, 2.24) is 0 Å². The Hall–Kier alpha value is -1.42. The van der Waals surface area contributed by atoms with Crippen LogP contribution in [0, 0.1) is 0 Å². The SMILES string of the molecule is COc1ccc(N)cc1OCCC[NH+]1CCCC1. The van der Waals surface area contributed by atoms with Gasteiger partial charge in [-0.15, -0.1) is 0 Å². The smallest absolute Gasteiger partial charge is 0.163 e. The molecule has 0 spiro atoms. The summed E-state index contributed by atoms with van der Waals surface area (Å²) in [6.45, 7) is 4.57. The summed E-state index contributed by atoms with van der Waals surface area (Å²) < 4.78 is 11.0. The highest BCUT2D eigenvalue weighted by Crippen LogP contribution is 2.28. The van der Waals surface area contributed by atoms with Crippen molar-refractivity contribution in [1.29, 1.82) is 0 Å². The average molecular weight is 251 g/mol. The predicted octanol–water partition coefficient (Wildman–Crippen LogP) is 0.725. The van der Waals surface area contributed by atoms with Crippen LogP contribution in [0.5, 0.6) is 11.5 Å². The second kappa shape index (κ2) is 6.50. The molecule has 0 bridgehead atoms. The molecule has 1 heterocycles. The van der Waals surface area contributed by atoms with Crippen molar-refractivity contribution < 1.29 is 14.4 Å². The van der Waals surface area contributed by atoms with Crippen LogP contribution in [0.4, 0.5) is 5.69 Å². The molecule has 1 aliphatic rings. The number of anilines is 1. The van der Waals surface area contributed by atoms with Gasteiger partial charge in [0.2, 0.25) is 0 Å². The molecule has 0 radical (unpaired) electrons. The van der Waals surface area contributed by atoms with E-state index in [1.807, 2.05) is 18.2 Å². The van der Waals surface area contributed by atoms with Crippen molar-refractivity contribution in [3.63, 3.8) is 0 Å². The zero-order valence-corrected chi connectivity index (χ0v) is 11.1. The van der Waals surface area contributed by atoms with Crippen molar-refractivity contribution in [2.75, 3.05) is 39.1 Å². The minimum atomic E-state index is 0.705. The van der Waals surface area contributed by atoms with Crippen LogP contribution < -0.4 is 20.1 Å². The number of hydrogen-bond donors (Lipinski definition) is 2.